The van der Waals surface area contributed by atoms with Gasteiger partial charge in [0.25, 0.3) is 0 Å². The molecular formula is C52H101NO11. The van der Waals surface area contributed by atoms with Crippen molar-refractivity contribution in [3.05, 3.63) is 12.2 Å². The molecule has 0 spiro atoms. The SMILES string of the molecule is CCCCCCCCCCC/C=C\[C@@H](O)[C@@H](O)[C@@H](O)[C@H](CO[C@@H]1O[C@H](CO)[C@@H](O)[C@H](O)[C@H]1O)NC(=O)[C@H](O)CCCCCCCCCCCCCCCCCCCCCCCCCC. The molecule has 0 aromatic heterocycles. The Hall–Kier alpha value is -1.19. The smallest absolute Gasteiger partial charge is 0.249 e. The van der Waals surface area contributed by atoms with E-state index in [0.717, 1.165) is 38.5 Å². The lowest BCUT2D eigenvalue weighted by Crippen LogP contribution is -2.60. The number of nitrogens with one attached hydrogen (secondary N) is 1. The Morgan fingerprint density at radius 3 is 1.34 bits per heavy atom. The summed E-state index contributed by atoms with van der Waals surface area (Å²) in [6.45, 7) is 3.25. The highest BCUT2D eigenvalue weighted by atomic mass is 16.7. The van der Waals surface area contributed by atoms with Crippen LogP contribution in [0.1, 0.15) is 239 Å². The van der Waals surface area contributed by atoms with E-state index in [-0.39, 0.29) is 6.42 Å². The molecular weight excluding hydrogens is 815 g/mol. The van der Waals surface area contributed by atoms with Gasteiger partial charge in [0, 0.05) is 0 Å². The summed E-state index contributed by atoms with van der Waals surface area (Å²) in [5.41, 5.74) is 0. The van der Waals surface area contributed by atoms with Crippen molar-refractivity contribution in [2.75, 3.05) is 13.2 Å². The number of ether oxygens (including phenoxy) is 2. The Morgan fingerprint density at radius 2 is 0.938 bits per heavy atom. The molecule has 9 N–H and O–H groups in total. The van der Waals surface area contributed by atoms with E-state index in [1.54, 1.807) is 6.08 Å². The molecule has 12 heteroatoms. The summed E-state index contributed by atoms with van der Waals surface area (Å²) < 4.78 is 11.0. The predicted octanol–water partition coefficient (Wildman–Crippen LogP) is 8.98. The van der Waals surface area contributed by atoms with Gasteiger partial charge in [-0.15, -0.1) is 0 Å². The quantitative estimate of drug-likeness (QED) is 0.0208. The molecule has 64 heavy (non-hydrogen) atoms. The van der Waals surface area contributed by atoms with Crippen molar-refractivity contribution in [2.45, 2.75) is 300 Å². The molecule has 0 saturated carbocycles. The van der Waals surface area contributed by atoms with Gasteiger partial charge in [0.15, 0.2) is 6.29 Å². The summed E-state index contributed by atoms with van der Waals surface area (Å²) in [6, 6.07) is -1.37. The average Bonchev–Trinajstić information content (AvgIpc) is 3.29. The largest absolute Gasteiger partial charge is 0.394 e. The minimum Gasteiger partial charge on any atom is -0.394 e. The van der Waals surface area contributed by atoms with Crippen molar-refractivity contribution in [1.82, 2.24) is 5.32 Å². The molecule has 0 unspecified atom stereocenters. The van der Waals surface area contributed by atoms with Gasteiger partial charge in [-0.25, -0.2) is 0 Å². The second-order valence-electron chi connectivity index (χ2n) is 19.1. The zero-order valence-electron chi connectivity index (χ0n) is 40.9. The lowest BCUT2D eigenvalue weighted by molar-refractivity contribution is -0.303. The van der Waals surface area contributed by atoms with Crippen LogP contribution in [-0.2, 0) is 14.3 Å². The highest BCUT2D eigenvalue weighted by molar-refractivity contribution is 5.80. The third-order valence-corrected chi connectivity index (χ3v) is 13.2. The van der Waals surface area contributed by atoms with Crippen molar-refractivity contribution in [3.63, 3.8) is 0 Å². The summed E-state index contributed by atoms with van der Waals surface area (Å²) in [4.78, 5) is 13.1. The molecule has 380 valence electrons. The maximum absolute atomic E-state index is 13.1. The summed E-state index contributed by atoms with van der Waals surface area (Å²) in [7, 11) is 0. The first-order valence-electron chi connectivity index (χ1n) is 26.7. The Bertz CT molecular complexity index is 1070. The molecule has 10 atom stereocenters. The molecule has 1 rings (SSSR count). The summed E-state index contributed by atoms with van der Waals surface area (Å²) >= 11 is 0. The van der Waals surface area contributed by atoms with Gasteiger partial charge in [0.05, 0.1) is 19.3 Å². The minimum atomic E-state index is -1.77. The number of aliphatic hydroxyl groups is 8. The van der Waals surface area contributed by atoms with Crippen LogP contribution in [0.25, 0.3) is 0 Å². The molecule has 0 aromatic rings. The van der Waals surface area contributed by atoms with E-state index < -0.39 is 80.3 Å². The van der Waals surface area contributed by atoms with Crippen molar-refractivity contribution < 1.29 is 55.1 Å². The molecule has 1 aliphatic rings. The molecule has 1 aliphatic heterocycles. The van der Waals surface area contributed by atoms with Crippen LogP contribution in [0.5, 0.6) is 0 Å². The first kappa shape index (κ1) is 60.8. The third kappa shape index (κ3) is 30.2. The van der Waals surface area contributed by atoms with Crippen LogP contribution in [0, 0.1) is 0 Å². The van der Waals surface area contributed by atoms with Crippen LogP contribution in [0.4, 0.5) is 0 Å². The number of hydrogen-bond acceptors (Lipinski definition) is 11. The van der Waals surface area contributed by atoms with E-state index in [4.69, 9.17) is 9.47 Å². The number of unbranched alkanes of at least 4 members (excludes halogenated alkanes) is 32. The number of aliphatic hydroxyl groups excluding tert-OH is 8. The lowest BCUT2D eigenvalue weighted by atomic mass is 9.98. The maximum Gasteiger partial charge on any atom is 0.249 e. The molecule has 0 aromatic carbocycles. The fourth-order valence-corrected chi connectivity index (χ4v) is 8.70. The summed E-state index contributed by atoms with van der Waals surface area (Å²) in [5, 5.41) is 86.4. The number of carbonyl (C=O) groups is 1. The Morgan fingerprint density at radius 1 is 0.547 bits per heavy atom. The fourth-order valence-electron chi connectivity index (χ4n) is 8.70. The van der Waals surface area contributed by atoms with Crippen molar-refractivity contribution >= 4 is 5.91 Å². The van der Waals surface area contributed by atoms with E-state index in [9.17, 15) is 45.6 Å². The molecule has 1 heterocycles. The standard InChI is InChI=1S/C52H101NO11/c1-3-5-7-9-11-13-15-16-17-18-19-20-21-22-23-24-25-26-27-29-31-33-35-37-39-44(56)51(62)53-42(41-63-52-50(61)49(60)48(59)45(40-54)64-52)46(57)47(58)43(55)38-36-34-32-30-28-14-12-10-8-6-4-2/h36,38,42-50,52,54-61H,3-35,37,39-41H2,1-2H3,(H,53,62)/b38-36-/t42-,43+,44+,45+,46-,47+,48+,49-,50+,52+/m0/s1. The summed E-state index contributed by atoms with van der Waals surface area (Å²) in [5.74, 6) is -0.793. The van der Waals surface area contributed by atoms with Gasteiger partial charge in [-0.1, -0.05) is 231 Å². The highest BCUT2D eigenvalue weighted by Gasteiger charge is 2.45. The van der Waals surface area contributed by atoms with Gasteiger partial charge >= 0.3 is 0 Å². The summed E-state index contributed by atoms with van der Waals surface area (Å²) in [6.07, 6.45) is 31.4. The Balaban J connectivity index is 2.36. The maximum atomic E-state index is 13.1. The van der Waals surface area contributed by atoms with Crippen molar-refractivity contribution in [2.24, 2.45) is 0 Å². The second kappa shape index (κ2) is 42.0. The normalized spacial score (nSPS) is 21.6. The van der Waals surface area contributed by atoms with E-state index >= 15 is 0 Å². The second-order valence-corrected chi connectivity index (χ2v) is 19.1. The number of amides is 1. The highest BCUT2D eigenvalue weighted by Crippen LogP contribution is 2.23. The molecule has 1 saturated heterocycles. The first-order chi connectivity index (χ1) is 31.1. The van der Waals surface area contributed by atoms with Gasteiger partial charge in [0.2, 0.25) is 5.91 Å². The van der Waals surface area contributed by atoms with Gasteiger partial charge in [-0.2, -0.15) is 0 Å². The van der Waals surface area contributed by atoms with Crippen LogP contribution < -0.4 is 5.32 Å². The van der Waals surface area contributed by atoms with Gasteiger partial charge in [0.1, 0.15) is 48.8 Å². The van der Waals surface area contributed by atoms with Gasteiger partial charge < -0.3 is 55.6 Å². The first-order valence-corrected chi connectivity index (χ1v) is 26.7. The molecule has 12 nitrogen and oxygen atoms in total. The van der Waals surface area contributed by atoms with E-state index in [0.29, 0.717) is 12.8 Å². The number of carbonyl (C=O) groups excluding carboxylic acids is 1. The molecule has 0 bridgehead atoms. The topological polar surface area (TPSA) is 209 Å². The van der Waals surface area contributed by atoms with Crippen LogP contribution in [0.3, 0.4) is 0 Å². The predicted molar refractivity (Wildman–Crippen MR) is 258 cm³/mol. The fraction of sp³-hybridized carbons (Fsp3) is 0.942. The lowest BCUT2D eigenvalue weighted by Gasteiger charge is -2.40. The number of allylic oxidation sites excluding steroid dienone is 1. The minimum absolute atomic E-state index is 0.203. The number of rotatable bonds is 45. The molecule has 0 radical (unpaired) electrons. The van der Waals surface area contributed by atoms with E-state index in [1.165, 1.54) is 173 Å². The third-order valence-electron chi connectivity index (χ3n) is 13.2. The molecule has 1 amide bonds. The van der Waals surface area contributed by atoms with E-state index in [1.807, 2.05) is 0 Å². The zero-order chi connectivity index (χ0) is 47.0. The van der Waals surface area contributed by atoms with Gasteiger partial charge in [-0.05, 0) is 19.3 Å². The van der Waals surface area contributed by atoms with Crippen molar-refractivity contribution in [1.29, 1.82) is 0 Å². The van der Waals surface area contributed by atoms with Crippen LogP contribution >= 0.6 is 0 Å². The average molecular weight is 916 g/mol. The number of hydrogen-bond donors (Lipinski definition) is 9. The zero-order valence-corrected chi connectivity index (χ0v) is 40.9. The van der Waals surface area contributed by atoms with Gasteiger partial charge in [-0.3, -0.25) is 4.79 Å². The van der Waals surface area contributed by atoms with Crippen LogP contribution in [0.15, 0.2) is 12.2 Å². The Kier molecular flexibility index (Phi) is 39.9. The van der Waals surface area contributed by atoms with E-state index in [2.05, 4.69) is 19.2 Å². The molecule has 1 fully saturated rings. The monoisotopic (exact) mass is 916 g/mol. The van der Waals surface area contributed by atoms with Crippen molar-refractivity contribution in [3.8, 4) is 0 Å². The molecule has 0 aliphatic carbocycles. The van der Waals surface area contributed by atoms with Crippen LogP contribution in [0.2, 0.25) is 0 Å². The van der Waals surface area contributed by atoms with Crippen LogP contribution in [-0.4, -0.2) is 121 Å². The Labute approximate surface area is 390 Å².